The Balaban J connectivity index is 2.01. The molecule has 104 valence electrons. The number of nitrogens with one attached hydrogen (secondary N) is 1. The minimum Gasteiger partial charge on any atom is -0.497 e. The summed E-state index contributed by atoms with van der Waals surface area (Å²) in [5.41, 5.74) is 1.86. The first-order chi connectivity index (χ1) is 9.58. The smallest absolute Gasteiger partial charge is 0.228 e. The Kier molecular flexibility index (Phi) is 4.35. The number of ether oxygens (including phenoxy) is 1. The van der Waals surface area contributed by atoms with Gasteiger partial charge in [0.1, 0.15) is 11.6 Å². The van der Waals surface area contributed by atoms with Crippen LogP contribution in [0, 0.1) is 12.7 Å². The molecule has 0 heterocycles. The minimum atomic E-state index is -0.423. The Morgan fingerprint density at radius 2 is 1.90 bits per heavy atom. The van der Waals surface area contributed by atoms with Crippen LogP contribution < -0.4 is 10.1 Å². The van der Waals surface area contributed by atoms with Crippen molar-refractivity contribution in [3.8, 4) is 5.75 Å². The Morgan fingerprint density at radius 3 is 2.50 bits per heavy atom. The predicted octanol–water partition coefficient (Wildman–Crippen LogP) is 3.32. The zero-order chi connectivity index (χ0) is 14.5. The Bertz CT molecular complexity index is 608. The van der Waals surface area contributed by atoms with Gasteiger partial charge >= 0.3 is 0 Å². The van der Waals surface area contributed by atoms with E-state index in [-0.39, 0.29) is 18.0 Å². The molecule has 0 spiro atoms. The SMILES string of the molecule is COc1ccc(CC(=O)Nc2ccc(C)cc2F)cc1. The monoisotopic (exact) mass is 273 g/mol. The van der Waals surface area contributed by atoms with Crippen LogP contribution >= 0.6 is 0 Å². The molecule has 0 aromatic heterocycles. The van der Waals surface area contributed by atoms with Crippen LogP contribution in [0.25, 0.3) is 0 Å². The maximum atomic E-state index is 13.6. The summed E-state index contributed by atoms with van der Waals surface area (Å²) in [6, 6.07) is 11.9. The van der Waals surface area contributed by atoms with Crippen molar-refractivity contribution in [1.82, 2.24) is 0 Å². The third-order valence-corrected chi connectivity index (χ3v) is 2.92. The molecule has 2 aromatic rings. The van der Waals surface area contributed by atoms with E-state index < -0.39 is 5.82 Å². The summed E-state index contributed by atoms with van der Waals surface area (Å²) in [6.07, 6.45) is 0.192. The molecule has 3 nitrogen and oxygen atoms in total. The van der Waals surface area contributed by atoms with Crippen molar-refractivity contribution in [2.75, 3.05) is 12.4 Å². The number of carbonyl (C=O) groups excluding carboxylic acids is 1. The van der Waals surface area contributed by atoms with E-state index in [2.05, 4.69) is 5.32 Å². The highest BCUT2D eigenvalue weighted by Crippen LogP contribution is 2.16. The van der Waals surface area contributed by atoms with E-state index in [1.54, 1.807) is 38.3 Å². The largest absolute Gasteiger partial charge is 0.497 e. The number of amides is 1. The molecule has 1 amide bonds. The number of rotatable bonds is 4. The van der Waals surface area contributed by atoms with E-state index in [9.17, 15) is 9.18 Å². The number of aryl methyl sites for hydroxylation is 1. The second-order valence-corrected chi connectivity index (χ2v) is 4.56. The number of benzene rings is 2. The molecule has 0 aliphatic heterocycles. The van der Waals surface area contributed by atoms with Crippen LogP contribution in [0.3, 0.4) is 0 Å². The Labute approximate surface area is 117 Å². The molecule has 4 heteroatoms. The molecule has 0 saturated heterocycles. The van der Waals surface area contributed by atoms with Crippen LogP contribution in [0.5, 0.6) is 5.75 Å². The second-order valence-electron chi connectivity index (χ2n) is 4.56. The van der Waals surface area contributed by atoms with Crippen LogP contribution in [0.4, 0.5) is 10.1 Å². The molecule has 2 aromatic carbocycles. The first-order valence-electron chi connectivity index (χ1n) is 6.27. The summed E-state index contributed by atoms with van der Waals surface area (Å²) in [4.78, 5) is 11.9. The van der Waals surface area contributed by atoms with Gasteiger partial charge in [-0.2, -0.15) is 0 Å². The number of anilines is 1. The molecule has 0 aliphatic carbocycles. The molecule has 0 fully saturated rings. The van der Waals surface area contributed by atoms with Gasteiger partial charge in [-0.1, -0.05) is 18.2 Å². The van der Waals surface area contributed by atoms with Gasteiger partial charge in [0, 0.05) is 0 Å². The molecule has 0 saturated carbocycles. The van der Waals surface area contributed by atoms with E-state index >= 15 is 0 Å². The molecule has 20 heavy (non-hydrogen) atoms. The highest BCUT2D eigenvalue weighted by atomic mass is 19.1. The summed E-state index contributed by atoms with van der Waals surface area (Å²) in [6.45, 7) is 1.80. The van der Waals surface area contributed by atoms with Crippen LogP contribution in [-0.2, 0) is 11.2 Å². The lowest BCUT2D eigenvalue weighted by atomic mass is 10.1. The van der Waals surface area contributed by atoms with E-state index in [1.165, 1.54) is 6.07 Å². The van der Waals surface area contributed by atoms with E-state index in [4.69, 9.17) is 4.74 Å². The third-order valence-electron chi connectivity index (χ3n) is 2.92. The van der Waals surface area contributed by atoms with Crippen LogP contribution in [0.2, 0.25) is 0 Å². The molecular formula is C16H16FNO2. The van der Waals surface area contributed by atoms with Crippen LogP contribution in [0.15, 0.2) is 42.5 Å². The topological polar surface area (TPSA) is 38.3 Å². The first-order valence-corrected chi connectivity index (χ1v) is 6.27. The van der Waals surface area contributed by atoms with Crippen LogP contribution in [0.1, 0.15) is 11.1 Å². The fourth-order valence-corrected chi connectivity index (χ4v) is 1.84. The molecule has 2 rings (SSSR count). The fourth-order valence-electron chi connectivity index (χ4n) is 1.84. The van der Waals surface area contributed by atoms with Crippen molar-refractivity contribution in [3.63, 3.8) is 0 Å². The first kappa shape index (κ1) is 14.1. The number of hydrogen-bond donors (Lipinski definition) is 1. The highest BCUT2D eigenvalue weighted by molar-refractivity contribution is 5.92. The standard InChI is InChI=1S/C16H16FNO2/c1-11-3-8-15(14(17)9-11)18-16(19)10-12-4-6-13(20-2)7-5-12/h3-9H,10H2,1-2H3,(H,18,19). The van der Waals surface area contributed by atoms with Gasteiger partial charge in [0.05, 0.1) is 19.2 Å². The van der Waals surface area contributed by atoms with Gasteiger partial charge in [0.2, 0.25) is 5.91 Å². The summed E-state index contributed by atoms with van der Waals surface area (Å²) < 4.78 is 18.7. The molecule has 0 bridgehead atoms. The summed E-state index contributed by atoms with van der Waals surface area (Å²) in [7, 11) is 1.59. The predicted molar refractivity (Wildman–Crippen MR) is 76.5 cm³/mol. The van der Waals surface area contributed by atoms with Gasteiger partial charge in [-0.25, -0.2) is 4.39 Å². The van der Waals surface area contributed by atoms with Crippen molar-refractivity contribution >= 4 is 11.6 Å². The molecule has 1 N–H and O–H groups in total. The fraction of sp³-hybridized carbons (Fsp3) is 0.188. The van der Waals surface area contributed by atoms with E-state index in [0.29, 0.717) is 0 Å². The zero-order valence-electron chi connectivity index (χ0n) is 11.4. The van der Waals surface area contributed by atoms with Gasteiger partial charge in [-0.05, 0) is 42.3 Å². The maximum Gasteiger partial charge on any atom is 0.228 e. The normalized spacial score (nSPS) is 10.2. The van der Waals surface area contributed by atoms with Crippen molar-refractivity contribution in [2.45, 2.75) is 13.3 Å². The lowest BCUT2D eigenvalue weighted by Crippen LogP contribution is -2.15. The summed E-state index contributed by atoms with van der Waals surface area (Å²) in [5.74, 6) is 0.0599. The average molecular weight is 273 g/mol. The van der Waals surface area contributed by atoms with Crippen molar-refractivity contribution < 1.29 is 13.9 Å². The number of carbonyl (C=O) groups is 1. The second kappa shape index (κ2) is 6.19. The van der Waals surface area contributed by atoms with Crippen molar-refractivity contribution in [2.24, 2.45) is 0 Å². The molecule has 0 atom stereocenters. The molecule has 0 radical (unpaired) electrons. The quantitative estimate of drug-likeness (QED) is 0.928. The minimum absolute atomic E-state index is 0.192. The Hall–Kier alpha value is -2.36. The lowest BCUT2D eigenvalue weighted by molar-refractivity contribution is -0.115. The highest BCUT2D eigenvalue weighted by Gasteiger charge is 2.08. The lowest BCUT2D eigenvalue weighted by Gasteiger charge is -2.07. The van der Waals surface area contributed by atoms with Gasteiger partial charge in [-0.15, -0.1) is 0 Å². The molecule has 0 unspecified atom stereocenters. The zero-order valence-corrected chi connectivity index (χ0v) is 11.4. The van der Waals surface area contributed by atoms with Gasteiger partial charge < -0.3 is 10.1 Å². The third kappa shape index (κ3) is 3.57. The van der Waals surface area contributed by atoms with E-state index in [1.807, 2.05) is 12.1 Å². The van der Waals surface area contributed by atoms with Crippen molar-refractivity contribution in [3.05, 3.63) is 59.4 Å². The van der Waals surface area contributed by atoms with Crippen LogP contribution in [-0.4, -0.2) is 13.0 Å². The summed E-state index contributed by atoms with van der Waals surface area (Å²) >= 11 is 0. The summed E-state index contributed by atoms with van der Waals surface area (Å²) in [5, 5.41) is 2.57. The maximum absolute atomic E-state index is 13.6. The number of methoxy groups -OCH3 is 1. The average Bonchev–Trinajstić information content (AvgIpc) is 2.43. The van der Waals surface area contributed by atoms with Gasteiger partial charge in [0.15, 0.2) is 0 Å². The Morgan fingerprint density at radius 1 is 1.20 bits per heavy atom. The number of hydrogen-bond acceptors (Lipinski definition) is 2. The van der Waals surface area contributed by atoms with Crippen molar-refractivity contribution in [1.29, 1.82) is 0 Å². The molecule has 0 aliphatic rings. The van der Waals surface area contributed by atoms with E-state index in [0.717, 1.165) is 16.9 Å². The molecular weight excluding hydrogens is 257 g/mol. The van der Waals surface area contributed by atoms with Gasteiger partial charge in [-0.3, -0.25) is 4.79 Å². The number of halogens is 1. The van der Waals surface area contributed by atoms with Gasteiger partial charge in [0.25, 0.3) is 0 Å².